The number of nitrogens with zero attached hydrogens (tertiary/aromatic N) is 1. The Morgan fingerprint density at radius 1 is 1.16 bits per heavy atom. The van der Waals surface area contributed by atoms with Crippen LogP contribution < -0.4 is 5.43 Å². The minimum Gasteiger partial charge on any atom is -0.272 e. The largest absolute Gasteiger partial charge is 0.272 e. The van der Waals surface area contributed by atoms with Gasteiger partial charge in [-0.3, -0.25) is 4.79 Å². The van der Waals surface area contributed by atoms with Crippen molar-refractivity contribution in [3.63, 3.8) is 0 Å². The highest BCUT2D eigenvalue weighted by atomic mass is 16.2. The standard InChI is InChI=1S/C16H16N2O/c1-11-16(2,15(19)18-17-11)10-12-7-8-13-5-3-4-6-14(13)9-12/h3-9H,10H2,1-2H3,(H,18,19)/t16-/m1/s1. The summed E-state index contributed by atoms with van der Waals surface area (Å²) in [5, 5.41) is 6.47. The van der Waals surface area contributed by atoms with Crippen molar-refractivity contribution in [2.24, 2.45) is 10.5 Å². The summed E-state index contributed by atoms with van der Waals surface area (Å²) in [6.07, 6.45) is 0.680. The molecule has 0 fully saturated rings. The van der Waals surface area contributed by atoms with E-state index in [0.29, 0.717) is 6.42 Å². The van der Waals surface area contributed by atoms with E-state index in [1.165, 1.54) is 10.8 Å². The molecule has 1 N–H and O–H groups in total. The lowest BCUT2D eigenvalue weighted by molar-refractivity contribution is -0.125. The molecule has 96 valence electrons. The lowest BCUT2D eigenvalue weighted by Gasteiger charge is -2.21. The molecule has 3 rings (SSSR count). The fourth-order valence-electron chi connectivity index (χ4n) is 2.51. The second-order valence-corrected chi connectivity index (χ2v) is 5.33. The van der Waals surface area contributed by atoms with Crippen molar-refractivity contribution in [1.82, 2.24) is 5.43 Å². The van der Waals surface area contributed by atoms with Gasteiger partial charge < -0.3 is 0 Å². The summed E-state index contributed by atoms with van der Waals surface area (Å²) in [7, 11) is 0. The quantitative estimate of drug-likeness (QED) is 0.877. The summed E-state index contributed by atoms with van der Waals surface area (Å²) in [5.74, 6) is -0.0156. The van der Waals surface area contributed by atoms with Crippen LogP contribution in [0.5, 0.6) is 0 Å². The van der Waals surface area contributed by atoms with E-state index in [9.17, 15) is 4.79 Å². The monoisotopic (exact) mass is 252 g/mol. The molecule has 2 aromatic carbocycles. The first kappa shape index (κ1) is 11.9. The number of amides is 1. The second kappa shape index (κ2) is 4.19. The highest BCUT2D eigenvalue weighted by Crippen LogP contribution is 2.29. The van der Waals surface area contributed by atoms with Crippen LogP contribution in [0.2, 0.25) is 0 Å². The summed E-state index contributed by atoms with van der Waals surface area (Å²) in [6, 6.07) is 14.6. The number of fused-ring (bicyclic) bond motifs is 1. The molecule has 1 aliphatic heterocycles. The van der Waals surface area contributed by atoms with E-state index in [1.54, 1.807) is 0 Å². The zero-order valence-electron chi connectivity index (χ0n) is 11.1. The Kier molecular flexibility index (Phi) is 2.63. The van der Waals surface area contributed by atoms with Gasteiger partial charge in [-0.05, 0) is 36.6 Å². The Balaban J connectivity index is 1.97. The number of nitrogens with one attached hydrogen (secondary N) is 1. The van der Waals surface area contributed by atoms with Crippen molar-refractivity contribution >= 4 is 22.4 Å². The van der Waals surface area contributed by atoms with Gasteiger partial charge >= 0.3 is 0 Å². The van der Waals surface area contributed by atoms with Crippen LogP contribution in [-0.4, -0.2) is 11.6 Å². The molecule has 0 bridgehead atoms. The average molecular weight is 252 g/mol. The van der Waals surface area contributed by atoms with E-state index < -0.39 is 5.41 Å². The molecular weight excluding hydrogens is 236 g/mol. The minimum absolute atomic E-state index is 0.0156. The van der Waals surface area contributed by atoms with Crippen molar-refractivity contribution in [3.8, 4) is 0 Å². The Labute approximate surface area is 112 Å². The Bertz CT molecular complexity index is 690. The van der Waals surface area contributed by atoms with Gasteiger partial charge in [-0.2, -0.15) is 5.10 Å². The molecule has 0 aromatic heterocycles. The van der Waals surface area contributed by atoms with Gasteiger partial charge in [0.15, 0.2) is 0 Å². The van der Waals surface area contributed by atoms with Crippen LogP contribution in [0.4, 0.5) is 0 Å². The smallest absolute Gasteiger partial charge is 0.252 e. The Morgan fingerprint density at radius 2 is 1.89 bits per heavy atom. The van der Waals surface area contributed by atoms with Gasteiger partial charge in [0.1, 0.15) is 0 Å². The average Bonchev–Trinajstić information content (AvgIpc) is 2.66. The number of hydrogen-bond acceptors (Lipinski definition) is 2. The Hall–Kier alpha value is -2.16. The van der Waals surface area contributed by atoms with E-state index in [0.717, 1.165) is 11.3 Å². The van der Waals surface area contributed by atoms with E-state index in [-0.39, 0.29) is 5.91 Å². The van der Waals surface area contributed by atoms with E-state index in [2.05, 4.69) is 40.9 Å². The predicted octanol–water partition coefficient (Wildman–Crippen LogP) is 2.89. The number of hydrogen-bond donors (Lipinski definition) is 1. The third kappa shape index (κ3) is 1.91. The molecule has 2 aromatic rings. The molecule has 0 unspecified atom stereocenters. The number of carbonyl (C=O) groups is 1. The van der Waals surface area contributed by atoms with Crippen molar-refractivity contribution in [2.75, 3.05) is 0 Å². The number of carbonyl (C=O) groups excluding carboxylic acids is 1. The highest BCUT2D eigenvalue weighted by Gasteiger charge is 2.40. The van der Waals surface area contributed by atoms with Crippen molar-refractivity contribution in [2.45, 2.75) is 20.3 Å². The van der Waals surface area contributed by atoms with Crippen LogP contribution in [0.25, 0.3) is 10.8 Å². The van der Waals surface area contributed by atoms with Gasteiger partial charge in [0.2, 0.25) is 0 Å². The van der Waals surface area contributed by atoms with Crippen LogP contribution in [0.15, 0.2) is 47.6 Å². The Morgan fingerprint density at radius 3 is 2.58 bits per heavy atom. The molecule has 19 heavy (non-hydrogen) atoms. The maximum Gasteiger partial charge on any atom is 0.252 e. The maximum atomic E-state index is 11.9. The van der Waals surface area contributed by atoms with E-state index >= 15 is 0 Å². The lowest BCUT2D eigenvalue weighted by Crippen LogP contribution is -2.36. The first-order valence-corrected chi connectivity index (χ1v) is 6.42. The first-order valence-electron chi connectivity index (χ1n) is 6.42. The molecule has 3 heteroatoms. The van der Waals surface area contributed by atoms with E-state index in [4.69, 9.17) is 0 Å². The zero-order valence-corrected chi connectivity index (χ0v) is 11.1. The van der Waals surface area contributed by atoms with Crippen molar-refractivity contribution < 1.29 is 4.79 Å². The molecule has 1 atom stereocenters. The van der Waals surface area contributed by atoms with Crippen LogP contribution in [0.1, 0.15) is 19.4 Å². The summed E-state index contributed by atoms with van der Waals surface area (Å²) >= 11 is 0. The van der Waals surface area contributed by atoms with Gasteiger partial charge in [-0.15, -0.1) is 0 Å². The van der Waals surface area contributed by atoms with Crippen LogP contribution in [-0.2, 0) is 11.2 Å². The number of rotatable bonds is 2. The van der Waals surface area contributed by atoms with Crippen molar-refractivity contribution in [3.05, 3.63) is 48.0 Å². The van der Waals surface area contributed by atoms with Gasteiger partial charge in [-0.25, -0.2) is 5.43 Å². The van der Waals surface area contributed by atoms with Gasteiger partial charge in [0.05, 0.1) is 11.1 Å². The lowest BCUT2D eigenvalue weighted by atomic mass is 9.79. The SMILES string of the molecule is CC1=NNC(=O)[C@]1(C)Cc1ccc2ccccc2c1. The van der Waals surface area contributed by atoms with Crippen LogP contribution >= 0.6 is 0 Å². The molecule has 1 amide bonds. The second-order valence-electron chi connectivity index (χ2n) is 5.33. The van der Waals surface area contributed by atoms with Crippen LogP contribution in [0, 0.1) is 5.41 Å². The molecule has 1 aliphatic rings. The number of hydrazone groups is 1. The summed E-state index contributed by atoms with van der Waals surface area (Å²) in [4.78, 5) is 11.9. The fourth-order valence-corrected chi connectivity index (χ4v) is 2.51. The summed E-state index contributed by atoms with van der Waals surface area (Å²) in [6.45, 7) is 3.85. The summed E-state index contributed by atoms with van der Waals surface area (Å²) in [5.41, 5.74) is 4.05. The highest BCUT2D eigenvalue weighted by molar-refractivity contribution is 6.11. The third-order valence-corrected chi connectivity index (χ3v) is 4.00. The number of benzene rings is 2. The summed E-state index contributed by atoms with van der Waals surface area (Å²) < 4.78 is 0. The minimum atomic E-state index is -0.525. The van der Waals surface area contributed by atoms with Gasteiger partial charge in [0.25, 0.3) is 5.91 Å². The van der Waals surface area contributed by atoms with Crippen LogP contribution in [0.3, 0.4) is 0 Å². The maximum absolute atomic E-state index is 11.9. The van der Waals surface area contributed by atoms with Crippen molar-refractivity contribution in [1.29, 1.82) is 0 Å². The first-order chi connectivity index (χ1) is 9.09. The fraction of sp³-hybridized carbons (Fsp3) is 0.250. The molecule has 1 heterocycles. The molecule has 0 spiro atoms. The molecule has 0 radical (unpaired) electrons. The van der Waals surface area contributed by atoms with Gasteiger partial charge in [-0.1, -0.05) is 42.5 Å². The van der Waals surface area contributed by atoms with Gasteiger partial charge in [0, 0.05) is 0 Å². The molecule has 0 saturated heterocycles. The molecule has 3 nitrogen and oxygen atoms in total. The molecule has 0 saturated carbocycles. The molecule has 0 aliphatic carbocycles. The third-order valence-electron chi connectivity index (χ3n) is 4.00. The zero-order chi connectivity index (χ0) is 13.5. The normalized spacial score (nSPS) is 22.4. The topological polar surface area (TPSA) is 41.5 Å². The molecular formula is C16H16N2O. The predicted molar refractivity (Wildman–Crippen MR) is 77.0 cm³/mol. The van der Waals surface area contributed by atoms with E-state index in [1.807, 2.05) is 26.0 Å².